The van der Waals surface area contributed by atoms with Gasteiger partial charge in [-0.1, -0.05) is 33.3 Å². The summed E-state index contributed by atoms with van der Waals surface area (Å²) in [5.41, 5.74) is 1.44. The van der Waals surface area contributed by atoms with Crippen LogP contribution in [-0.2, 0) is 65.0 Å². The Bertz CT molecular complexity index is 3270. The Morgan fingerprint density at radius 3 is 2.04 bits per heavy atom. The molecule has 1 atom stereocenters. The minimum absolute atomic E-state index is 0.00779. The number of hydrogen-bond donors (Lipinski definition) is 3. The molecule has 0 bridgehead atoms. The summed E-state index contributed by atoms with van der Waals surface area (Å²) in [6.45, 7) is 8.89. The highest BCUT2D eigenvalue weighted by molar-refractivity contribution is 7.87. The Hall–Kier alpha value is -5.06. The Kier molecular flexibility index (Phi) is 18.7. The summed E-state index contributed by atoms with van der Waals surface area (Å²) in [6, 6.07) is 11.3. The monoisotopic (exact) mass is 1110 g/mol. The van der Waals surface area contributed by atoms with E-state index in [1.54, 1.807) is 25.2 Å². The fourth-order valence-electron chi connectivity index (χ4n) is 8.51. The highest BCUT2D eigenvalue weighted by atomic mass is 32.2. The van der Waals surface area contributed by atoms with E-state index in [-0.39, 0.29) is 51.6 Å². The Balaban J connectivity index is 1.52. The normalized spacial score (nSPS) is 16.7. The van der Waals surface area contributed by atoms with Gasteiger partial charge in [0, 0.05) is 54.9 Å². The number of benzene rings is 3. The number of unbranched alkanes of at least 4 members (excludes halogenated alkanes) is 2. The van der Waals surface area contributed by atoms with E-state index in [2.05, 4.69) is 8.92 Å². The van der Waals surface area contributed by atoms with Crippen molar-refractivity contribution in [2.45, 2.75) is 93.3 Å². The number of allylic oxidation sites excluding steroid dienone is 3. The molecule has 2 aromatic rings. The third-order valence-electron chi connectivity index (χ3n) is 12.1. The molecule has 0 saturated heterocycles. The number of carbonyl (C=O) groups is 1. The molecule has 18 nitrogen and oxygen atoms in total. The summed E-state index contributed by atoms with van der Waals surface area (Å²) in [4.78, 5) is 12.0. The minimum Gasteiger partial charge on any atom is -0.456 e. The van der Waals surface area contributed by atoms with Gasteiger partial charge in [0.25, 0.3) is 30.4 Å². The number of anilines is 1. The van der Waals surface area contributed by atoms with E-state index in [4.69, 9.17) is 9.15 Å². The van der Waals surface area contributed by atoms with Gasteiger partial charge in [0.1, 0.15) is 24.7 Å². The van der Waals surface area contributed by atoms with Crippen LogP contribution in [0.3, 0.4) is 0 Å². The van der Waals surface area contributed by atoms with Crippen LogP contribution in [0.2, 0.25) is 0 Å². The maximum absolute atomic E-state index is 14.7. The van der Waals surface area contributed by atoms with Crippen LogP contribution < -0.4 is 19.6 Å². The van der Waals surface area contributed by atoms with E-state index >= 15 is 0 Å². The molecule has 5 rings (SSSR count). The molecule has 2 heterocycles. The Morgan fingerprint density at radius 2 is 1.45 bits per heavy atom. The number of ether oxygens (including phenoxy) is 2. The Labute approximate surface area is 421 Å². The van der Waals surface area contributed by atoms with Crippen LogP contribution in [0.1, 0.15) is 89.5 Å². The molecule has 1 aliphatic carbocycles. The molecule has 402 valence electrons. The fraction of sp³-hybridized carbons (Fsp3) is 0.447. The van der Waals surface area contributed by atoms with E-state index < -0.39 is 114 Å². The van der Waals surface area contributed by atoms with Gasteiger partial charge < -0.3 is 18.8 Å². The third-order valence-corrected chi connectivity index (χ3v) is 15.8. The van der Waals surface area contributed by atoms with Crippen molar-refractivity contribution in [3.63, 3.8) is 0 Å². The molecular formula is C47H57F4N2O16S4+. The van der Waals surface area contributed by atoms with Gasteiger partial charge in [0.2, 0.25) is 22.7 Å². The number of methoxy groups -OCH3 is 1. The smallest absolute Gasteiger partial charge is 0.311 e. The average molecular weight is 1110 g/mol. The number of hydrogen-bond acceptors (Lipinski definition) is 14. The second kappa shape index (κ2) is 23.2. The quantitative estimate of drug-likeness (QED) is 0.00984. The summed E-state index contributed by atoms with van der Waals surface area (Å²) in [5.74, 6) is -12.6. The molecule has 0 amide bonds. The molecule has 0 aromatic heterocycles. The van der Waals surface area contributed by atoms with Crippen LogP contribution >= 0.6 is 0 Å². The molecule has 3 N–H and O–H groups in total. The average Bonchev–Trinajstić information content (AvgIpc) is 3.51. The number of fused-ring (bicyclic) bond motifs is 2. The lowest BCUT2D eigenvalue weighted by atomic mass is 9.77. The zero-order valence-electron chi connectivity index (χ0n) is 40.7. The van der Waals surface area contributed by atoms with Gasteiger partial charge in [0.15, 0.2) is 23.1 Å². The summed E-state index contributed by atoms with van der Waals surface area (Å²) in [6.07, 6.45) is 5.04. The zero-order chi connectivity index (χ0) is 54.5. The molecule has 0 fully saturated rings. The highest BCUT2D eigenvalue weighted by Crippen LogP contribution is 2.51. The first kappa shape index (κ1) is 58.8. The second-order valence-corrected chi connectivity index (χ2v) is 24.6. The maximum Gasteiger partial charge on any atom is 0.311 e. The predicted octanol–water partition coefficient (Wildman–Crippen LogP) is 7.03. The van der Waals surface area contributed by atoms with Crippen molar-refractivity contribution in [3.05, 3.63) is 106 Å². The van der Waals surface area contributed by atoms with E-state index in [1.807, 2.05) is 54.5 Å². The number of nitrogens with zero attached hydrogens (tertiary/aromatic N) is 2. The lowest BCUT2D eigenvalue weighted by Crippen LogP contribution is -2.34. The van der Waals surface area contributed by atoms with E-state index in [0.717, 1.165) is 11.1 Å². The first-order valence-corrected chi connectivity index (χ1v) is 28.6. The van der Waals surface area contributed by atoms with Crippen molar-refractivity contribution in [3.8, 4) is 17.1 Å². The summed E-state index contributed by atoms with van der Waals surface area (Å²) in [5, 5.41) is 0.689. The molecule has 2 aromatic carbocycles. The van der Waals surface area contributed by atoms with Crippen molar-refractivity contribution in [2.24, 2.45) is 0 Å². The topological polar surface area (TPSA) is 261 Å². The van der Waals surface area contributed by atoms with Crippen molar-refractivity contribution < 1.29 is 87.8 Å². The van der Waals surface area contributed by atoms with Gasteiger partial charge in [-0.05, 0) is 91.6 Å². The largest absolute Gasteiger partial charge is 0.456 e. The van der Waals surface area contributed by atoms with Gasteiger partial charge in [0.05, 0.1) is 29.6 Å². The van der Waals surface area contributed by atoms with E-state index in [9.17, 15) is 69.7 Å². The van der Waals surface area contributed by atoms with E-state index in [1.165, 1.54) is 25.3 Å². The Morgan fingerprint density at radius 1 is 0.808 bits per heavy atom. The standard InChI is InChI=1S/C47H56F4N2O16S4/c1-46(2,3)34-28-31(68-37-27-30(16-18-33(34)37)52(23-24-66-5)21-12-26-71(58,59)60)13-10-14-38-47(4,20-11-25-70(55,56)57)35-29-32(72(61,62)63)17-19-36(35)53(38)22-9-7-8-15-39(54)69-44-40(48)42(50)45(43(51)41(44)49)73(64,65)67-6/h10,13-14,16-19,27-29H,7-9,11-12,15,20-26H2,1-6H3,(H2-,55,56,57,58,59,60,61,62,63)/p+1. The van der Waals surface area contributed by atoms with Crippen LogP contribution in [0.4, 0.5) is 23.2 Å². The van der Waals surface area contributed by atoms with Crippen LogP contribution in [0.5, 0.6) is 5.75 Å². The van der Waals surface area contributed by atoms with Crippen LogP contribution in [0, 0.1) is 23.3 Å². The summed E-state index contributed by atoms with van der Waals surface area (Å²) in [7, 11) is -16.6. The van der Waals surface area contributed by atoms with E-state index in [0.29, 0.717) is 54.1 Å². The minimum atomic E-state index is -5.25. The van der Waals surface area contributed by atoms with Gasteiger partial charge in [-0.2, -0.15) is 42.5 Å². The van der Waals surface area contributed by atoms with Crippen LogP contribution in [0.25, 0.3) is 17.4 Å². The molecule has 0 radical (unpaired) electrons. The maximum atomic E-state index is 14.7. The van der Waals surface area contributed by atoms with Crippen molar-refractivity contribution in [1.82, 2.24) is 4.58 Å². The number of carbonyl (C=O) groups excluding carboxylic acids is 1. The summed E-state index contributed by atoms with van der Waals surface area (Å²) >= 11 is 0. The molecule has 0 saturated carbocycles. The lowest BCUT2D eigenvalue weighted by Gasteiger charge is -2.30. The first-order valence-electron chi connectivity index (χ1n) is 22.5. The SMILES string of the molecule is COCC[N+](CCCS(=O)(=O)O)=c1ccc2c(C(C)(C)C)cc(/C=C/C=C3/N(CCCCCC(=O)Oc4c(F)c(F)c(S(=O)(=O)OC)c(F)c4F)c4ccc(S(=O)(=O)O)cc4C3(C)CCCS(=O)(=O)O)oc-2c1. The van der Waals surface area contributed by atoms with Crippen LogP contribution in [-0.4, -0.2) is 105 Å². The third kappa shape index (κ3) is 14.6. The fourth-order valence-corrected chi connectivity index (χ4v) is 10.8. The molecular weight excluding hydrogens is 1050 g/mol. The molecule has 0 spiro atoms. The number of esters is 1. The summed E-state index contributed by atoms with van der Waals surface area (Å²) < 4.78 is 205. The second-order valence-electron chi connectivity index (χ2n) is 18.4. The van der Waals surface area contributed by atoms with Crippen LogP contribution in [0.15, 0.2) is 74.5 Å². The molecule has 2 aliphatic heterocycles. The molecule has 3 aliphatic rings. The predicted molar refractivity (Wildman–Crippen MR) is 260 cm³/mol. The van der Waals surface area contributed by atoms with Crippen molar-refractivity contribution in [2.75, 3.05) is 56.9 Å². The number of halogens is 4. The highest BCUT2D eigenvalue weighted by Gasteiger charge is 2.44. The first-order chi connectivity index (χ1) is 33.8. The van der Waals surface area contributed by atoms with Gasteiger partial charge in [-0.3, -0.25) is 22.6 Å². The van der Waals surface area contributed by atoms with Gasteiger partial charge >= 0.3 is 16.1 Å². The number of rotatable bonds is 23. The van der Waals surface area contributed by atoms with Gasteiger partial charge in [-0.15, -0.1) is 0 Å². The molecule has 73 heavy (non-hydrogen) atoms. The van der Waals surface area contributed by atoms with Gasteiger partial charge in [-0.25, -0.2) is 13.4 Å². The lowest BCUT2D eigenvalue weighted by molar-refractivity contribution is -0.135. The van der Waals surface area contributed by atoms with Crippen molar-refractivity contribution >= 4 is 58.2 Å². The zero-order valence-corrected chi connectivity index (χ0v) is 43.9. The molecule has 26 heteroatoms. The molecule has 1 unspecified atom stereocenters. The van der Waals surface area contributed by atoms with Crippen molar-refractivity contribution in [1.29, 1.82) is 0 Å².